The second-order valence-corrected chi connectivity index (χ2v) is 11.3. The normalized spacial score (nSPS) is 32.5. The summed E-state index contributed by atoms with van der Waals surface area (Å²) in [6.07, 6.45) is 21.2. The van der Waals surface area contributed by atoms with Crippen LogP contribution in [0, 0.1) is 16.7 Å². The summed E-state index contributed by atoms with van der Waals surface area (Å²) in [4.78, 5) is 22.6. The maximum absolute atomic E-state index is 13.6. The number of nitrogens with one attached hydrogen (secondary N) is 1. The van der Waals surface area contributed by atoms with E-state index in [4.69, 9.17) is 4.74 Å². The Morgan fingerprint density at radius 1 is 1.29 bits per heavy atom. The number of dihydropyridines is 1. The highest BCUT2D eigenvalue weighted by Gasteiger charge is 2.42. The maximum atomic E-state index is 13.6. The Hall–Kier alpha value is -2.99. The Balaban J connectivity index is 1.35. The Kier molecular flexibility index (Phi) is 7.71. The van der Waals surface area contributed by atoms with E-state index in [0.717, 1.165) is 62.9 Å². The zero-order chi connectivity index (χ0) is 26.8. The van der Waals surface area contributed by atoms with Crippen molar-refractivity contribution in [2.24, 2.45) is 10.4 Å². The second kappa shape index (κ2) is 11.0. The highest BCUT2D eigenvalue weighted by atomic mass is 16.5. The molecule has 4 unspecified atom stereocenters. The van der Waals surface area contributed by atoms with Crippen molar-refractivity contribution in [2.75, 3.05) is 26.7 Å². The number of amides is 1. The average Bonchev–Trinajstić information content (AvgIpc) is 2.95. The van der Waals surface area contributed by atoms with Crippen LogP contribution in [0.3, 0.4) is 0 Å². The van der Waals surface area contributed by atoms with E-state index in [1.807, 2.05) is 42.5 Å². The lowest BCUT2D eigenvalue weighted by Crippen LogP contribution is -2.54. The van der Waals surface area contributed by atoms with Crippen LogP contribution >= 0.6 is 0 Å². The Morgan fingerprint density at radius 3 is 2.79 bits per heavy atom. The van der Waals surface area contributed by atoms with E-state index >= 15 is 0 Å². The van der Waals surface area contributed by atoms with E-state index in [9.17, 15) is 15.2 Å². The van der Waals surface area contributed by atoms with Crippen LogP contribution < -0.4 is 5.32 Å². The lowest BCUT2D eigenvalue weighted by Gasteiger charge is -2.42. The lowest BCUT2D eigenvalue weighted by atomic mass is 9.73. The number of piperidine rings is 1. The predicted molar refractivity (Wildman–Crippen MR) is 147 cm³/mol. The Labute approximate surface area is 225 Å². The summed E-state index contributed by atoms with van der Waals surface area (Å²) in [7, 11) is 1.62. The highest BCUT2D eigenvalue weighted by molar-refractivity contribution is 5.95. The van der Waals surface area contributed by atoms with Crippen LogP contribution in [0.1, 0.15) is 51.9 Å². The first-order valence-electron chi connectivity index (χ1n) is 13.8. The molecule has 0 aromatic heterocycles. The molecule has 5 aliphatic rings. The van der Waals surface area contributed by atoms with Crippen molar-refractivity contribution < 1.29 is 14.6 Å². The molecule has 4 atom stereocenters. The number of carbonyl (C=O) groups excluding carboxylic acids is 1. The Bertz CT molecular complexity index is 1130. The van der Waals surface area contributed by atoms with Gasteiger partial charge in [0, 0.05) is 51.3 Å². The van der Waals surface area contributed by atoms with Crippen LogP contribution in [0.15, 0.2) is 64.5 Å². The third-order valence-corrected chi connectivity index (χ3v) is 8.79. The third-order valence-electron chi connectivity index (χ3n) is 8.79. The summed E-state index contributed by atoms with van der Waals surface area (Å²) in [6, 6.07) is 2.24. The molecule has 8 nitrogen and oxygen atoms in total. The molecule has 0 radical (unpaired) electrons. The van der Waals surface area contributed by atoms with Gasteiger partial charge in [0.2, 0.25) is 0 Å². The molecule has 38 heavy (non-hydrogen) atoms. The summed E-state index contributed by atoms with van der Waals surface area (Å²) in [5.41, 5.74) is 1.21. The molecule has 0 aromatic rings. The van der Waals surface area contributed by atoms with Crippen molar-refractivity contribution >= 4 is 12.1 Å². The van der Waals surface area contributed by atoms with Crippen LogP contribution in [-0.2, 0) is 9.53 Å². The summed E-state index contributed by atoms with van der Waals surface area (Å²) >= 11 is 0. The molecule has 0 spiro atoms. The number of rotatable bonds is 6. The van der Waals surface area contributed by atoms with Gasteiger partial charge in [0.1, 0.15) is 0 Å². The first-order chi connectivity index (χ1) is 18.4. The van der Waals surface area contributed by atoms with Crippen molar-refractivity contribution in [2.45, 2.75) is 75.8 Å². The van der Waals surface area contributed by atoms with Crippen molar-refractivity contribution in [3.05, 3.63) is 59.5 Å². The summed E-state index contributed by atoms with van der Waals surface area (Å²) in [5.74, 6) is -0.201. The molecule has 1 amide bonds. The van der Waals surface area contributed by atoms with Gasteiger partial charge in [-0.2, -0.15) is 5.26 Å². The minimum Gasteiger partial charge on any atom is -0.388 e. The second-order valence-electron chi connectivity index (χ2n) is 11.3. The molecule has 4 aliphatic heterocycles. The summed E-state index contributed by atoms with van der Waals surface area (Å²) in [6.45, 7) is 4.06. The molecular formula is C30H39N5O3. The van der Waals surface area contributed by atoms with Gasteiger partial charge in [-0.25, -0.2) is 0 Å². The number of fused-ring (bicyclic) bond motifs is 1. The van der Waals surface area contributed by atoms with Crippen molar-refractivity contribution in [1.29, 1.82) is 5.26 Å². The standard InChI is InChI=1S/C30H39N5O3/c1-29(37)12-6-3-10-25(29)33-27(36)23-19-22(24-9-5-8-16-35(24)28(23)38-2)20-34-17-13-30(21-31,14-18-34)26-11-4-7-15-32-26/h4-5,8-9,11,15-16,19,25-26,28,37H,3,6-7,10,12-14,17-18,20H2,1-2H3,(H,33,36). The first-order valence-corrected chi connectivity index (χ1v) is 13.8. The van der Waals surface area contributed by atoms with Gasteiger partial charge < -0.3 is 20.1 Å². The van der Waals surface area contributed by atoms with E-state index in [-0.39, 0.29) is 18.0 Å². The number of likely N-dealkylation sites (tertiary alicyclic amines) is 1. The SMILES string of the molecule is COC1C(C(=O)NC2CCCCC2(C)O)=CC(CN2CCC(C#N)(C3C=CCC=N3)CC2)=C2C=CC=CN21. The van der Waals surface area contributed by atoms with Crippen molar-refractivity contribution in [1.82, 2.24) is 15.1 Å². The minimum absolute atomic E-state index is 0.0725. The minimum atomic E-state index is -0.915. The topological polar surface area (TPSA) is 101 Å². The molecule has 0 bridgehead atoms. The predicted octanol–water partition coefficient (Wildman–Crippen LogP) is 3.35. The van der Waals surface area contributed by atoms with Gasteiger partial charge in [0.25, 0.3) is 5.91 Å². The average molecular weight is 518 g/mol. The number of nitriles is 1. The fourth-order valence-corrected chi connectivity index (χ4v) is 6.39. The van der Waals surface area contributed by atoms with Crippen LogP contribution in [-0.4, -0.2) is 77.7 Å². The number of allylic oxidation sites excluding steroid dienone is 4. The van der Waals surface area contributed by atoms with E-state index in [1.165, 1.54) is 0 Å². The van der Waals surface area contributed by atoms with Crippen LogP contribution in [0.25, 0.3) is 0 Å². The number of methoxy groups -OCH3 is 1. The fourth-order valence-electron chi connectivity index (χ4n) is 6.39. The molecule has 202 valence electrons. The number of carbonyl (C=O) groups is 1. The van der Waals surface area contributed by atoms with Gasteiger partial charge in [-0.05, 0) is 56.4 Å². The number of aliphatic imine (C=N–C) groups is 1. The summed E-state index contributed by atoms with van der Waals surface area (Å²) in [5, 5.41) is 24.1. The molecular weight excluding hydrogens is 478 g/mol. The van der Waals surface area contributed by atoms with Gasteiger partial charge in [-0.3, -0.25) is 14.7 Å². The number of hydrogen-bond donors (Lipinski definition) is 2. The number of hydrogen-bond acceptors (Lipinski definition) is 7. The van der Waals surface area contributed by atoms with E-state index in [2.05, 4.69) is 39.5 Å². The largest absolute Gasteiger partial charge is 0.388 e. The molecule has 0 aromatic carbocycles. The quantitative estimate of drug-likeness (QED) is 0.524. The monoisotopic (exact) mass is 517 g/mol. The lowest BCUT2D eigenvalue weighted by molar-refractivity contribution is -0.123. The molecule has 1 saturated heterocycles. The van der Waals surface area contributed by atoms with Gasteiger partial charge in [-0.15, -0.1) is 0 Å². The van der Waals surface area contributed by atoms with Gasteiger partial charge >= 0.3 is 0 Å². The van der Waals surface area contributed by atoms with Crippen LogP contribution in [0.4, 0.5) is 0 Å². The van der Waals surface area contributed by atoms with E-state index in [0.29, 0.717) is 18.5 Å². The van der Waals surface area contributed by atoms with Crippen molar-refractivity contribution in [3.63, 3.8) is 0 Å². The molecule has 8 heteroatoms. The number of ether oxygens (including phenoxy) is 1. The molecule has 5 rings (SSSR count). The van der Waals surface area contributed by atoms with Gasteiger partial charge in [-0.1, -0.05) is 31.1 Å². The zero-order valence-corrected chi connectivity index (χ0v) is 22.5. The number of aliphatic hydroxyl groups is 1. The molecule has 2 fully saturated rings. The molecule has 2 N–H and O–H groups in total. The van der Waals surface area contributed by atoms with Crippen LogP contribution in [0.5, 0.6) is 0 Å². The Morgan fingerprint density at radius 2 is 2.11 bits per heavy atom. The van der Waals surface area contributed by atoms with Crippen molar-refractivity contribution in [3.8, 4) is 6.07 Å². The third kappa shape index (κ3) is 5.15. The smallest absolute Gasteiger partial charge is 0.252 e. The van der Waals surface area contributed by atoms with Gasteiger partial charge in [0.15, 0.2) is 6.23 Å². The van der Waals surface area contributed by atoms with E-state index < -0.39 is 17.2 Å². The number of nitrogens with zero attached hydrogens (tertiary/aromatic N) is 4. The highest BCUT2D eigenvalue weighted by Crippen LogP contribution is 2.39. The zero-order valence-electron chi connectivity index (χ0n) is 22.5. The maximum Gasteiger partial charge on any atom is 0.252 e. The van der Waals surface area contributed by atoms with Crippen LogP contribution in [0.2, 0.25) is 0 Å². The summed E-state index contributed by atoms with van der Waals surface area (Å²) < 4.78 is 5.83. The fraction of sp³-hybridized carbons (Fsp3) is 0.567. The molecule has 4 heterocycles. The van der Waals surface area contributed by atoms with E-state index in [1.54, 1.807) is 7.11 Å². The molecule has 1 saturated carbocycles. The first kappa shape index (κ1) is 26.6. The van der Waals surface area contributed by atoms with Gasteiger partial charge in [0.05, 0.1) is 34.7 Å². The molecule has 1 aliphatic carbocycles.